The molecule has 18 heavy (non-hydrogen) atoms. The van der Waals surface area contributed by atoms with E-state index in [9.17, 15) is 4.79 Å². The standard InChI is InChI=1S/C15H18O3/c16-15(17)10-9-13-7-3-4-8-14(13)18-11-12-5-1-2-6-12/h3-4,7-10,12H,1-2,5-6,11H2,(H,16,17). The van der Waals surface area contributed by atoms with E-state index in [2.05, 4.69) is 0 Å². The van der Waals surface area contributed by atoms with Crippen LogP contribution in [-0.4, -0.2) is 17.7 Å². The van der Waals surface area contributed by atoms with Gasteiger partial charge in [-0.05, 0) is 30.9 Å². The zero-order valence-electron chi connectivity index (χ0n) is 10.3. The number of aliphatic carboxylic acids is 1. The van der Waals surface area contributed by atoms with Gasteiger partial charge in [-0.1, -0.05) is 31.0 Å². The van der Waals surface area contributed by atoms with Crippen LogP contribution in [0.2, 0.25) is 0 Å². The fourth-order valence-corrected chi connectivity index (χ4v) is 2.30. The van der Waals surface area contributed by atoms with Crippen molar-refractivity contribution in [3.63, 3.8) is 0 Å². The van der Waals surface area contributed by atoms with E-state index in [4.69, 9.17) is 9.84 Å². The zero-order chi connectivity index (χ0) is 12.8. The van der Waals surface area contributed by atoms with Crippen molar-refractivity contribution in [1.29, 1.82) is 0 Å². The minimum Gasteiger partial charge on any atom is -0.493 e. The maximum Gasteiger partial charge on any atom is 0.328 e. The second-order valence-electron chi connectivity index (χ2n) is 4.67. The van der Waals surface area contributed by atoms with E-state index in [0.29, 0.717) is 5.92 Å². The lowest BCUT2D eigenvalue weighted by Gasteiger charge is -2.13. The predicted molar refractivity (Wildman–Crippen MR) is 70.6 cm³/mol. The third-order valence-corrected chi connectivity index (χ3v) is 3.27. The second kappa shape index (κ2) is 6.24. The molecule has 1 fully saturated rings. The van der Waals surface area contributed by atoms with E-state index < -0.39 is 5.97 Å². The van der Waals surface area contributed by atoms with Crippen LogP contribution in [0.4, 0.5) is 0 Å². The third-order valence-electron chi connectivity index (χ3n) is 3.27. The summed E-state index contributed by atoms with van der Waals surface area (Å²) in [6.07, 6.45) is 7.80. The third kappa shape index (κ3) is 3.62. The van der Waals surface area contributed by atoms with Crippen molar-refractivity contribution in [2.75, 3.05) is 6.61 Å². The van der Waals surface area contributed by atoms with Crippen molar-refractivity contribution < 1.29 is 14.6 Å². The van der Waals surface area contributed by atoms with Gasteiger partial charge >= 0.3 is 5.97 Å². The molecule has 1 aromatic carbocycles. The number of hydrogen-bond acceptors (Lipinski definition) is 2. The van der Waals surface area contributed by atoms with Crippen LogP contribution in [0.3, 0.4) is 0 Å². The summed E-state index contributed by atoms with van der Waals surface area (Å²) in [5.41, 5.74) is 0.817. The number of carboxylic acids is 1. The van der Waals surface area contributed by atoms with Gasteiger partial charge in [-0.25, -0.2) is 4.79 Å². The monoisotopic (exact) mass is 246 g/mol. The Kier molecular flexibility index (Phi) is 4.40. The molecule has 0 aromatic heterocycles. The Morgan fingerprint density at radius 2 is 2.06 bits per heavy atom. The first kappa shape index (κ1) is 12.7. The number of ether oxygens (including phenoxy) is 1. The molecule has 1 aromatic rings. The minimum atomic E-state index is -0.944. The number of hydrogen-bond donors (Lipinski definition) is 1. The number of rotatable bonds is 5. The van der Waals surface area contributed by atoms with E-state index in [0.717, 1.165) is 24.0 Å². The van der Waals surface area contributed by atoms with Gasteiger partial charge in [0.05, 0.1) is 6.61 Å². The topological polar surface area (TPSA) is 46.5 Å². The van der Waals surface area contributed by atoms with Crippen molar-refractivity contribution in [2.24, 2.45) is 5.92 Å². The molecular formula is C15H18O3. The summed E-state index contributed by atoms with van der Waals surface area (Å²) in [5.74, 6) is 0.476. The molecule has 0 radical (unpaired) electrons. The van der Waals surface area contributed by atoms with Gasteiger partial charge in [-0.2, -0.15) is 0 Å². The first-order valence-electron chi connectivity index (χ1n) is 6.38. The van der Waals surface area contributed by atoms with Crippen molar-refractivity contribution in [1.82, 2.24) is 0 Å². The zero-order valence-corrected chi connectivity index (χ0v) is 10.3. The molecule has 0 bridgehead atoms. The molecule has 0 aliphatic heterocycles. The molecule has 1 N–H and O–H groups in total. The van der Waals surface area contributed by atoms with E-state index >= 15 is 0 Å². The lowest BCUT2D eigenvalue weighted by Crippen LogP contribution is -2.08. The summed E-state index contributed by atoms with van der Waals surface area (Å²) < 4.78 is 5.81. The maximum absolute atomic E-state index is 10.5. The molecule has 1 aliphatic carbocycles. The summed E-state index contributed by atoms with van der Waals surface area (Å²) in [6.45, 7) is 0.734. The molecule has 0 unspecified atom stereocenters. The van der Waals surface area contributed by atoms with Crippen LogP contribution < -0.4 is 4.74 Å². The van der Waals surface area contributed by atoms with Gasteiger partial charge in [0.1, 0.15) is 5.75 Å². The second-order valence-corrected chi connectivity index (χ2v) is 4.67. The number of carboxylic acid groups (broad SMARTS) is 1. The molecule has 0 atom stereocenters. The van der Waals surface area contributed by atoms with Crippen molar-refractivity contribution >= 4 is 12.0 Å². The number of benzene rings is 1. The van der Waals surface area contributed by atoms with E-state index in [1.165, 1.54) is 25.7 Å². The lowest BCUT2D eigenvalue weighted by molar-refractivity contribution is -0.131. The summed E-state index contributed by atoms with van der Waals surface area (Å²) in [5, 5.41) is 8.64. The smallest absolute Gasteiger partial charge is 0.328 e. The summed E-state index contributed by atoms with van der Waals surface area (Å²) >= 11 is 0. The minimum absolute atomic E-state index is 0.654. The first-order chi connectivity index (χ1) is 8.75. The van der Waals surface area contributed by atoms with Gasteiger partial charge in [0.25, 0.3) is 0 Å². The molecule has 1 saturated carbocycles. The van der Waals surface area contributed by atoms with Crippen LogP contribution in [0, 0.1) is 5.92 Å². The molecule has 96 valence electrons. The Hall–Kier alpha value is -1.77. The highest BCUT2D eigenvalue weighted by atomic mass is 16.5. The van der Waals surface area contributed by atoms with Gasteiger partial charge in [-0.15, -0.1) is 0 Å². The Balaban J connectivity index is 2.00. The summed E-state index contributed by atoms with van der Waals surface area (Å²) in [7, 11) is 0. The largest absolute Gasteiger partial charge is 0.493 e. The highest BCUT2D eigenvalue weighted by Crippen LogP contribution is 2.27. The Bertz CT molecular complexity index is 431. The highest BCUT2D eigenvalue weighted by molar-refractivity contribution is 5.85. The fourth-order valence-electron chi connectivity index (χ4n) is 2.30. The lowest BCUT2D eigenvalue weighted by atomic mass is 10.1. The van der Waals surface area contributed by atoms with Gasteiger partial charge in [0.2, 0.25) is 0 Å². The van der Waals surface area contributed by atoms with Crippen LogP contribution in [0.1, 0.15) is 31.2 Å². The maximum atomic E-state index is 10.5. The van der Waals surface area contributed by atoms with Gasteiger partial charge < -0.3 is 9.84 Å². The van der Waals surface area contributed by atoms with Crippen molar-refractivity contribution in [2.45, 2.75) is 25.7 Å². The molecule has 3 heteroatoms. The molecule has 1 aliphatic rings. The average molecular weight is 246 g/mol. The molecule has 0 heterocycles. The van der Waals surface area contributed by atoms with Gasteiger partial charge in [-0.3, -0.25) is 0 Å². The number of para-hydroxylation sites is 1. The molecule has 2 rings (SSSR count). The Labute approximate surface area is 107 Å². The van der Waals surface area contributed by atoms with Gasteiger partial charge in [0.15, 0.2) is 0 Å². The van der Waals surface area contributed by atoms with Crippen LogP contribution >= 0.6 is 0 Å². The van der Waals surface area contributed by atoms with Gasteiger partial charge in [0, 0.05) is 11.6 Å². The van der Waals surface area contributed by atoms with E-state index in [1.807, 2.05) is 24.3 Å². The SMILES string of the molecule is O=C(O)C=Cc1ccccc1OCC1CCCC1. The Morgan fingerprint density at radius 1 is 1.33 bits per heavy atom. The van der Waals surface area contributed by atoms with Crippen molar-refractivity contribution in [3.8, 4) is 5.75 Å². The predicted octanol–water partition coefficient (Wildman–Crippen LogP) is 3.35. The van der Waals surface area contributed by atoms with Crippen LogP contribution in [-0.2, 0) is 4.79 Å². The molecule has 3 nitrogen and oxygen atoms in total. The molecule has 0 spiro atoms. The van der Waals surface area contributed by atoms with E-state index in [-0.39, 0.29) is 0 Å². The average Bonchev–Trinajstić information content (AvgIpc) is 2.88. The fraction of sp³-hybridized carbons (Fsp3) is 0.400. The summed E-state index contributed by atoms with van der Waals surface area (Å²) in [4.78, 5) is 10.5. The van der Waals surface area contributed by atoms with Crippen LogP contribution in [0.5, 0.6) is 5.75 Å². The molecule has 0 amide bonds. The summed E-state index contributed by atoms with van der Waals surface area (Å²) in [6, 6.07) is 7.53. The normalized spacial score (nSPS) is 16.2. The first-order valence-corrected chi connectivity index (χ1v) is 6.38. The molecule has 0 saturated heterocycles. The number of carbonyl (C=O) groups is 1. The van der Waals surface area contributed by atoms with Crippen molar-refractivity contribution in [3.05, 3.63) is 35.9 Å². The quantitative estimate of drug-likeness (QED) is 0.810. The van der Waals surface area contributed by atoms with Crippen LogP contribution in [0.25, 0.3) is 6.08 Å². The Morgan fingerprint density at radius 3 is 2.78 bits per heavy atom. The van der Waals surface area contributed by atoms with E-state index in [1.54, 1.807) is 6.08 Å². The molecular weight excluding hydrogens is 228 g/mol. The highest BCUT2D eigenvalue weighted by Gasteiger charge is 2.15. The van der Waals surface area contributed by atoms with Crippen LogP contribution in [0.15, 0.2) is 30.3 Å².